The molecule has 0 aliphatic heterocycles. The van der Waals surface area contributed by atoms with E-state index in [0.29, 0.717) is 12.8 Å². The van der Waals surface area contributed by atoms with Crippen LogP contribution in [0.15, 0.2) is 0 Å². The minimum Gasteiger partial charge on any atom is -0.294 e. The molecule has 0 bridgehead atoms. The Morgan fingerprint density at radius 1 is 0.510 bits per heavy atom. The molecule has 1 saturated carbocycles. The van der Waals surface area contributed by atoms with Crippen LogP contribution in [0.3, 0.4) is 0 Å². The number of aldehydes is 1. The Balaban J connectivity index is 2.31. The lowest BCUT2D eigenvalue weighted by Gasteiger charge is -2.13. The summed E-state index contributed by atoms with van der Waals surface area (Å²) in [5, 5.41) is -1.46. The van der Waals surface area contributed by atoms with E-state index in [1.54, 1.807) is 0 Å². The Bertz CT molecular complexity index is 1390. The van der Waals surface area contributed by atoms with E-state index in [2.05, 4.69) is 0 Å². The van der Waals surface area contributed by atoms with Gasteiger partial charge in [-0.25, -0.2) is 0 Å². The van der Waals surface area contributed by atoms with Crippen LogP contribution in [-0.2, 0) is 62.9 Å². The summed E-state index contributed by atoms with van der Waals surface area (Å²) in [6, 6.07) is 0. The number of rotatable bonds is 32. The molecule has 1 aliphatic rings. The highest BCUT2D eigenvalue weighted by molar-refractivity contribution is 7.86. The third-order valence-corrected chi connectivity index (χ3v) is 9.79. The number of hydrogen-bond acceptors (Lipinski definition) is 13. The molecule has 272 valence electrons. The van der Waals surface area contributed by atoms with Gasteiger partial charge in [0.2, 0.25) is 5.78 Å². The van der Waals surface area contributed by atoms with Gasteiger partial charge in [-0.1, -0.05) is 116 Å². The van der Waals surface area contributed by atoms with Crippen molar-refractivity contribution in [3.8, 4) is 0 Å². The van der Waals surface area contributed by atoms with Crippen molar-refractivity contribution in [1.29, 1.82) is 0 Å². The minimum absolute atomic E-state index is 0.0534. The van der Waals surface area contributed by atoms with Crippen LogP contribution in [0.4, 0.5) is 0 Å². The van der Waals surface area contributed by atoms with Gasteiger partial charge in [-0.15, -0.1) is 0 Å². The van der Waals surface area contributed by atoms with Gasteiger partial charge in [0, 0.05) is 6.42 Å². The molecule has 0 radical (unpaired) electrons. The summed E-state index contributed by atoms with van der Waals surface area (Å²) in [4.78, 5) is 127. The summed E-state index contributed by atoms with van der Waals surface area (Å²) in [6.07, 6.45) is 18.6. The van der Waals surface area contributed by atoms with E-state index in [-0.39, 0.29) is 6.42 Å². The molecular formula is C34H46O14S. The lowest BCUT2D eigenvalue weighted by molar-refractivity contribution is -0.156. The lowest BCUT2D eigenvalue weighted by atomic mass is 9.97. The standard InChI is InChI=1S/C34H46O14S/c35-22-26(37)28(39)30(41)32(43)34(45)33(44)31(42)29(40)27(38)25(36)21-20-24(49(46,47)48)17-15-13-11-9-7-5-3-1-2-4-6-8-10-12-14-16-23-18-19-23/h22-24H,1-21H2,(H,46,47,48). The zero-order valence-electron chi connectivity index (χ0n) is 27.7. The molecule has 1 rings (SSSR count). The first-order valence-electron chi connectivity index (χ1n) is 17.0. The number of carbonyl (C=O) groups excluding carboxylic acids is 11. The summed E-state index contributed by atoms with van der Waals surface area (Å²) in [7, 11) is -4.66. The highest BCUT2D eigenvalue weighted by Gasteiger charge is 2.42. The average Bonchev–Trinajstić information content (AvgIpc) is 3.91. The van der Waals surface area contributed by atoms with Crippen LogP contribution < -0.4 is 0 Å². The largest absolute Gasteiger partial charge is 0.294 e. The van der Waals surface area contributed by atoms with Gasteiger partial charge < -0.3 is 0 Å². The normalized spacial score (nSPS) is 13.2. The van der Waals surface area contributed by atoms with Crippen molar-refractivity contribution in [2.45, 2.75) is 140 Å². The fraction of sp³-hybridized carbons (Fsp3) is 0.676. The van der Waals surface area contributed by atoms with Gasteiger partial charge in [-0.3, -0.25) is 57.3 Å². The van der Waals surface area contributed by atoms with Crippen LogP contribution in [-0.4, -0.2) is 82.3 Å². The Labute approximate surface area is 285 Å². The summed E-state index contributed by atoms with van der Waals surface area (Å²) in [6.45, 7) is 0. The Hall–Kier alpha value is -3.72. The van der Waals surface area contributed by atoms with Crippen LogP contribution in [0.5, 0.6) is 0 Å². The maximum absolute atomic E-state index is 12.2. The lowest BCUT2D eigenvalue weighted by Crippen LogP contribution is -2.44. The molecule has 1 fully saturated rings. The van der Waals surface area contributed by atoms with Crippen molar-refractivity contribution in [1.82, 2.24) is 0 Å². The van der Waals surface area contributed by atoms with E-state index in [9.17, 15) is 65.7 Å². The molecule has 14 nitrogen and oxygen atoms in total. The van der Waals surface area contributed by atoms with Gasteiger partial charge in [0.05, 0.1) is 5.25 Å². The second kappa shape index (κ2) is 22.8. The smallest absolute Gasteiger partial charge is 0.281 e. The Morgan fingerprint density at radius 2 is 0.857 bits per heavy atom. The molecule has 0 aromatic heterocycles. The molecule has 1 unspecified atom stereocenters. The van der Waals surface area contributed by atoms with E-state index >= 15 is 0 Å². The number of unbranched alkanes of at least 4 members (excludes halogenated alkanes) is 14. The number of Topliss-reactive ketones (excluding diaryl/α,β-unsaturated/α-hetero) is 10. The maximum atomic E-state index is 12.2. The van der Waals surface area contributed by atoms with Crippen molar-refractivity contribution in [2.24, 2.45) is 5.92 Å². The third-order valence-electron chi connectivity index (χ3n) is 8.48. The summed E-state index contributed by atoms with van der Waals surface area (Å²) < 4.78 is 33.1. The Morgan fingerprint density at radius 3 is 1.22 bits per heavy atom. The average molecular weight is 711 g/mol. The highest BCUT2D eigenvalue weighted by atomic mass is 32.2. The zero-order chi connectivity index (χ0) is 37.0. The number of carbonyl (C=O) groups is 11. The summed E-state index contributed by atoms with van der Waals surface area (Å²) in [5.41, 5.74) is 0. The van der Waals surface area contributed by atoms with E-state index < -0.39 is 92.3 Å². The van der Waals surface area contributed by atoms with E-state index in [0.717, 1.165) is 31.6 Å². The topological polar surface area (TPSA) is 242 Å². The predicted octanol–water partition coefficient (Wildman–Crippen LogP) is 2.95. The molecule has 49 heavy (non-hydrogen) atoms. The molecule has 0 saturated heterocycles. The monoisotopic (exact) mass is 710 g/mol. The molecule has 0 amide bonds. The molecular weight excluding hydrogens is 664 g/mol. The Kier molecular flexibility index (Phi) is 20.2. The molecule has 0 aromatic rings. The maximum Gasteiger partial charge on any atom is 0.281 e. The molecule has 1 aliphatic carbocycles. The zero-order valence-corrected chi connectivity index (χ0v) is 28.6. The van der Waals surface area contributed by atoms with Gasteiger partial charge in [-0.05, 0) is 18.8 Å². The molecule has 0 aromatic carbocycles. The summed E-state index contributed by atoms with van der Waals surface area (Å²) >= 11 is 0. The van der Waals surface area contributed by atoms with Crippen LogP contribution in [0.2, 0.25) is 0 Å². The molecule has 0 heterocycles. The minimum atomic E-state index is -4.66. The van der Waals surface area contributed by atoms with Crippen LogP contribution in [0, 0.1) is 5.92 Å². The van der Waals surface area contributed by atoms with Crippen molar-refractivity contribution in [3.63, 3.8) is 0 Å². The number of ketones is 10. The van der Waals surface area contributed by atoms with E-state index in [4.69, 9.17) is 0 Å². The first-order valence-corrected chi connectivity index (χ1v) is 18.5. The quantitative estimate of drug-likeness (QED) is 0.0347. The van der Waals surface area contributed by atoms with Crippen LogP contribution in [0.1, 0.15) is 135 Å². The molecule has 1 atom stereocenters. The second-order valence-corrected chi connectivity index (χ2v) is 14.2. The third kappa shape index (κ3) is 17.0. The van der Waals surface area contributed by atoms with Crippen LogP contribution in [0.25, 0.3) is 0 Å². The predicted molar refractivity (Wildman–Crippen MR) is 172 cm³/mol. The van der Waals surface area contributed by atoms with Gasteiger partial charge in [0.25, 0.3) is 62.2 Å². The number of hydrogen-bond donors (Lipinski definition) is 1. The first kappa shape index (κ1) is 43.3. The summed E-state index contributed by atoms with van der Waals surface area (Å²) in [5.74, 6) is -22.0. The van der Waals surface area contributed by atoms with Crippen molar-refractivity contribution >= 4 is 74.2 Å². The fourth-order valence-electron chi connectivity index (χ4n) is 5.27. The van der Waals surface area contributed by atoms with E-state index in [1.165, 1.54) is 77.0 Å². The fourth-order valence-corrected chi connectivity index (χ4v) is 6.15. The van der Waals surface area contributed by atoms with Crippen molar-refractivity contribution in [3.05, 3.63) is 0 Å². The van der Waals surface area contributed by atoms with Crippen molar-refractivity contribution in [2.75, 3.05) is 0 Å². The van der Waals surface area contributed by atoms with Gasteiger partial charge in [0.1, 0.15) is 0 Å². The molecule has 1 N–H and O–H groups in total. The van der Waals surface area contributed by atoms with Gasteiger partial charge in [-0.2, -0.15) is 8.42 Å². The second-order valence-electron chi connectivity index (χ2n) is 12.5. The molecule has 15 heteroatoms. The molecule has 0 spiro atoms. The highest BCUT2D eigenvalue weighted by Crippen LogP contribution is 2.34. The van der Waals surface area contributed by atoms with Crippen LogP contribution >= 0.6 is 0 Å². The SMILES string of the molecule is O=CC(=O)C(=O)C(=O)C(=O)C(=O)C(=O)C(=O)C(=O)C(=O)C(=O)CCC(CCCCCCCCCCCCCCCCCC1CC1)S(=O)(=O)O. The van der Waals surface area contributed by atoms with Gasteiger partial charge >= 0.3 is 0 Å². The van der Waals surface area contributed by atoms with E-state index in [1.807, 2.05) is 0 Å². The first-order chi connectivity index (χ1) is 23.1. The van der Waals surface area contributed by atoms with Crippen molar-refractivity contribution < 1.29 is 65.7 Å². The van der Waals surface area contributed by atoms with Gasteiger partial charge in [0.15, 0.2) is 6.29 Å².